The van der Waals surface area contributed by atoms with E-state index < -0.39 is 50.7 Å². The Balaban J connectivity index is 1.71. The third kappa shape index (κ3) is 3.90. The van der Waals surface area contributed by atoms with Crippen LogP contribution in [0, 0.1) is 0 Å². The van der Waals surface area contributed by atoms with Gasteiger partial charge < -0.3 is 15.3 Å². The van der Waals surface area contributed by atoms with Crippen LogP contribution in [0.1, 0.15) is 42.5 Å². The quantitative estimate of drug-likeness (QED) is 0.668. The van der Waals surface area contributed by atoms with Crippen molar-refractivity contribution in [2.24, 2.45) is 0 Å². The van der Waals surface area contributed by atoms with Crippen molar-refractivity contribution in [3.8, 4) is 0 Å². The molecule has 0 spiro atoms. The van der Waals surface area contributed by atoms with E-state index in [0.717, 1.165) is 19.3 Å². The van der Waals surface area contributed by atoms with Crippen molar-refractivity contribution >= 4 is 27.6 Å². The molecule has 2 aromatic carbocycles. The van der Waals surface area contributed by atoms with Crippen LogP contribution in [0.15, 0.2) is 65.6 Å². The molecule has 2 fully saturated rings. The maximum absolute atomic E-state index is 13.6. The number of nitrogens with one attached hydrogen (secondary N) is 1. The Morgan fingerprint density at radius 1 is 0.848 bits per heavy atom. The number of nitrogens with zero attached hydrogens (tertiary/aromatic N) is 1. The number of sulfone groups is 1. The Hall–Kier alpha value is -3.20. The second-order valence-electron chi connectivity index (χ2n) is 8.72. The summed E-state index contributed by atoms with van der Waals surface area (Å²) in [6, 6.07) is 15.6. The maximum atomic E-state index is 13.6. The highest BCUT2D eigenvalue weighted by Gasteiger charge is 2.70. The van der Waals surface area contributed by atoms with Gasteiger partial charge in [0.25, 0.3) is 5.91 Å². The van der Waals surface area contributed by atoms with E-state index in [2.05, 4.69) is 5.32 Å². The molecule has 0 unspecified atom stereocenters. The van der Waals surface area contributed by atoms with Crippen LogP contribution in [-0.2, 0) is 19.4 Å². The van der Waals surface area contributed by atoms with E-state index in [9.17, 15) is 27.9 Å². The molecule has 0 radical (unpaired) electrons. The molecule has 4 rings (SSSR count). The first-order valence-electron chi connectivity index (χ1n) is 10.9. The summed E-state index contributed by atoms with van der Waals surface area (Å²) in [7, 11) is -4.32. The Labute approximate surface area is 192 Å². The number of amides is 2. The highest BCUT2D eigenvalue weighted by molar-refractivity contribution is 7.93. The summed E-state index contributed by atoms with van der Waals surface area (Å²) in [6.45, 7) is 0.987. The number of carboxylic acid groups (broad SMARTS) is 1. The molecule has 2 amide bonds. The van der Waals surface area contributed by atoms with Gasteiger partial charge in [-0.3, -0.25) is 14.4 Å². The van der Waals surface area contributed by atoms with Gasteiger partial charge in [-0.15, -0.1) is 0 Å². The molecule has 33 heavy (non-hydrogen) atoms. The first-order chi connectivity index (χ1) is 15.7. The fraction of sp³-hybridized carbons (Fsp3) is 0.375. The molecular weight excluding hydrogens is 444 g/mol. The average molecular weight is 471 g/mol. The molecule has 2 aromatic rings. The fourth-order valence-corrected chi connectivity index (χ4v) is 6.85. The lowest BCUT2D eigenvalue weighted by Crippen LogP contribution is -2.76. The number of hydrogen-bond donors (Lipinski definition) is 2. The largest absolute Gasteiger partial charge is 0.480 e. The number of carboxylic acids is 1. The summed E-state index contributed by atoms with van der Waals surface area (Å²) in [5.74, 6) is -2.49. The molecule has 0 aromatic heterocycles. The summed E-state index contributed by atoms with van der Waals surface area (Å²) < 4.78 is 24.6. The molecule has 1 aliphatic heterocycles. The van der Waals surface area contributed by atoms with Gasteiger partial charge in [0.05, 0.1) is 4.90 Å². The zero-order valence-electron chi connectivity index (χ0n) is 18.1. The molecule has 0 atom stereocenters. The van der Waals surface area contributed by atoms with E-state index in [1.165, 1.54) is 24.3 Å². The van der Waals surface area contributed by atoms with Crippen molar-refractivity contribution < 1.29 is 27.9 Å². The third-order valence-corrected chi connectivity index (χ3v) is 8.96. The number of likely N-dealkylation sites (tertiary alicyclic amines) is 1. The number of carbonyl (C=O) groups is 3. The number of hydrogen-bond acceptors (Lipinski definition) is 5. The van der Waals surface area contributed by atoms with Crippen LogP contribution in [0.4, 0.5) is 0 Å². The van der Waals surface area contributed by atoms with Crippen LogP contribution in [0.3, 0.4) is 0 Å². The van der Waals surface area contributed by atoms with Gasteiger partial charge >= 0.3 is 5.97 Å². The van der Waals surface area contributed by atoms with Crippen LogP contribution in [0.25, 0.3) is 0 Å². The van der Waals surface area contributed by atoms with E-state index >= 15 is 0 Å². The molecule has 174 valence electrons. The minimum absolute atomic E-state index is 0.124. The standard InChI is InChI=1S/C24H26N2O6S/c27-20(18-10-4-1-5-11-18)25-23(21(28)26-14-8-3-9-15-26)16-24(17-23,22(29)30)33(31,32)19-12-6-2-7-13-19/h1-2,4-7,10-13H,3,8-9,14-17H2,(H,25,27)(H,29,30). The molecule has 8 nitrogen and oxygen atoms in total. The highest BCUT2D eigenvalue weighted by Crippen LogP contribution is 2.50. The van der Waals surface area contributed by atoms with Crippen molar-refractivity contribution in [3.63, 3.8) is 0 Å². The monoisotopic (exact) mass is 470 g/mol. The van der Waals surface area contributed by atoms with Gasteiger partial charge in [0.2, 0.25) is 5.91 Å². The fourth-order valence-electron chi connectivity index (χ4n) is 4.78. The number of aliphatic carboxylic acids is 1. The molecular formula is C24H26N2O6S. The maximum Gasteiger partial charge on any atom is 0.325 e. The molecule has 2 aliphatic rings. The summed E-state index contributed by atoms with van der Waals surface area (Å²) in [4.78, 5) is 40.4. The lowest BCUT2D eigenvalue weighted by Gasteiger charge is -2.53. The van der Waals surface area contributed by atoms with E-state index in [1.54, 1.807) is 41.3 Å². The predicted octanol–water partition coefficient (Wildman–Crippen LogP) is 2.26. The SMILES string of the molecule is O=C(NC1(C(=O)N2CCCCC2)CC(C(=O)O)(S(=O)(=O)c2ccccc2)C1)c1ccccc1. The zero-order chi connectivity index (χ0) is 23.7. The zero-order valence-corrected chi connectivity index (χ0v) is 18.9. The first-order valence-corrected chi connectivity index (χ1v) is 12.4. The summed E-state index contributed by atoms with van der Waals surface area (Å²) in [5.41, 5.74) is -1.30. The van der Waals surface area contributed by atoms with Crippen molar-refractivity contribution in [2.75, 3.05) is 13.1 Å². The Kier molecular flexibility index (Phi) is 6.00. The minimum atomic E-state index is -4.32. The van der Waals surface area contributed by atoms with Crippen molar-refractivity contribution in [1.29, 1.82) is 0 Å². The Morgan fingerprint density at radius 2 is 1.39 bits per heavy atom. The lowest BCUT2D eigenvalue weighted by atomic mass is 9.66. The van der Waals surface area contributed by atoms with Crippen LogP contribution in [0.5, 0.6) is 0 Å². The Morgan fingerprint density at radius 3 is 1.94 bits per heavy atom. The predicted molar refractivity (Wildman–Crippen MR) is 120 cm³/mol. The molecule has 1 saturated heterocycles. The van der Waals surface area contributed by atoms with Gasteiger partial charge in [-0.25, -0.2) is 8.42 Å². The second-order valence-corrected chi connectivity index (χ2v) is 11.0. The van der Waals surface area contributed by atoms with Crippen LogP contribution in [-0.4, -0.2) is 59.6 Å². The summed E-state index contributed by atoms with van der Waals surface area (Å²) >= 11 is 0. The van der Waals surface area contributed by atoms with Gasteiger partial charge in [0.15, 0.2) is 14.6 Å². The normalized spacial score (nSPS) is 25.0. The van der Waals surface area contributed by atoms with Crippen LogP contribution in [0.2, 0.25) is 0 Å². The van der Waals surface area contributed by atoms with E-state index in [-0.39, 0.29) is 4.90 Å². The minimum Gasteiger partial charge on any atom is -0.480 e. The first kappa shape index (κ1) is 23.0. The lowest BCUT2D eigenvalue weighted by molar-refractivity contribution is -0.152. The average Bonchev–Trinajstić information content (AvgIpc) is 2.82. The van der Waals surface area contributed by atoms with E-state index in [4.69, 9.17) is 0 Å². The molecule has 1 saturated carbocycles. The second kappa shape index (κ2) is 8.62. The van der Waals surface area contributed by atoms with Gasteiger partial charge in [0.1, 0.15) is 5.54 Å². The molecule has 0 bridgehead atoms. The van der Waals surface area contributed by atoms with Gasteiger partial charge in [-0.1, -0.05) is 36.4 Å². The molecule has 1 heterocycles. The number of rotatable bonds is 6. The number of benzene rings is 2. The van der Waals surface area contributed by atoms with E-state index in [0.29, 0.717) is 18.7 Å². The third-order valence-electron chi connectivity index (χ3n) is 6.57. The van der Waals surface area contributed by atoms with Crippen molar-refractivity contribution in [1.82, 2.24) is 10.2 Å². The van der Waals surface area contributed by atoms with Crippen LogP contribution >= 0.6 is 0 Å². The van der Waals surface area contributed by atoms with Crippen LogP contribution < -0.4 is 5.32 Å². The van der Waals surface area contributed by atoms with Gasteiger partial charge in [0, 0.05) is 31.5 Å². The molecule has 1 aliphatic carbocycles. The molecule has 2 N–H and O–H groups in total. The van der Waals surface area contributed by atoms with Gasteiger partial charge in [-0.05, 0) is 43.5 Å². The Bertz CT molecular complexity index is 1150. The smallest absolute Gasteiger partial charge is 0.325 e. The van der Waals surface area contributed by atoms with Crippen molar-refractivity contribution in [2.45, 2.75) is 47.3 Å². The highest BCUT2D eigenvalue weighted by atomic mass is 32.2. The molecule has 9 heteroatoms. The topological polar surface area (TPSA) is 121 Å². The van der Waals surface area contributed by atoms with Gasteiger partial charge in [-0.2, -0.15) is 0 Å². The van der Waals surface area contributed by atoms with E-state index in [1.807, 2.05) is 0 Å². The number of carbonyl (C=O) groups excluding carboxylic acids is 2. The summed E-state index contributed by atoms with van der Waals surface area (Å²) in [6.07, 6.45) is 1.54. The summed E-state index contributed by atoms with van der Waals surface area (Å²) in [5, 5.41) is 12.8. The van der Waals surface area contributed by atoms with Crippen molar-refractivity contribution in [3.05, 3.63) is 66.2 Å². The number of piperidine rings is 1.